The number of hydrogen-bond donors (Lipinski definition) is 1. The smallest absolute Gasteiger partial charge is 0.242 e. The molecule has 0 saturated heterocycles. The number of halogens is 1. The lowest BCUT2D eigenvalue weighted by Gasteiger charge is -2.27. The summed E-state index contributed by atoms with van der Waals surface area (Å²) < 4.78 is 13.1. The van der Waals surface area contributed by atoms with E-state index >= 15 is 0 Å². The molecule has 0 spiro atoms. The molecule has 5 nitrogen and oxygen atoms in total. The minimum Gasteiger partial charge on any atom is -0.365 e. The van der Waals surface area contributed by atoms with Crippen LogP contribution in [0.4, 0.5) is 10.1 Å². The quantitative estimate of drug-likeness (QED) is 0.488. The van der Waals surface area contributed by atoms with Crippen LogP contribution in [0.5, 0.6) is 0 Å². The maximum atomic E-state index is 13.1. The van der Waals surface area contributed by atoms with E-state index in [4.69, 9.17) is 5.73 Å². The van der Waals surface area contributed by atoms with Crippen molar-refractivity contribution < 1.29 is 14.0 Å². The van der Waals surface area contributed by atoms with Crippen LogP contribution >= 0.6 is 0 Å². The van der Waals surface area contributed by atoms with Crippen molar-refractivity contribution in [2.45, 2.75) is 19.8 Å². The molecular weight excluding hydrogens is 405 g/mol. The van der Waals surface area contributed by atoms with E-state index in [-0.39, 0.29) is 24.1 Å². The molecule has 0 aliphatic rings. The number of rotatable bonds is 10. The third kappa shape index (κ3) is 6.14. The van der Waals surface area contributed by atoms with Gasteiger partial charge in [-0.25, -0.2) is 4.39 Å². The van der Waals surface area contributed by atoms with Gasteiger partial charge in [-0.3, -0.25) is 9.59 Å². The molecule has 168 valence electrons. The summed E-state index contributed by atoms with van der Waals surface area (Å²) in [5, 5.41) is 2.01. The molecule has 1 amide bonds. The van der Waals surface area contributed by atoms with Crippen molar-refractivity contribution >= 4 is 28.2 Å². The van der Waals surface area contributed by atoms with E-state index in [1.54, 1.807) is 19.1 Å². The summed E-state index contributed by atoms with van der Waals surface area (Å²) in [5.74, 6) is -0.202. The fourth-order valence-electron chi connectivity index (χ4n) is 3.64. The molecule has 2 N–H and O–H groups in total. The molecule has 0 atom stereocenters. The first-order valence-corrected chi connectivity index (χ1v) is 10.9. The molecule has 6 heteroatoms. The zero-order chi connectivity index (χ0) is 23.1. The lowest BCUT2D eigenvalue weighted by molar-refractivity contribution is -0.129. The van der Waals surface area contributed by atoms with Crippen molar-refractivity contribution in [2.24, 2.45) is 5.73 Å². The van der Waals surface area contributed by atoms with Gasteiger partial charge < -0.3 is 15.5 Å². The lowest BCUT2D eigenvalue weighted by atomic mass is 10.0. The summed E-state index contributed by atoms with van der Waals surface area (Å²) in [4.78, 5) is 28.4. The number of Topliss-reactive ketones (excluding diaryl/α,β-unsaturated/α-hetero) is 1. The number of carbonyl (C=O) groups excluding carboxylic acids is 2. The Morgan fingerprint density at radius 3 is 2.31 bits per heavy atom. The molecule has 0 unspecified atom stereocenters. The van der Waals surface area contributed by atoms with Gasteiger partial charge in [-0.1, -0.05) is 30.3 Å². The molecule has 3 aromatic rings. The van der Waals surface area contributed by atoms with Gasteiger partial charge >= 0.3 is 0 Å². The van der Waals surface area contributed by atoms with Gasteiger partial charge in [0, 0.05) is 31.4 Å². The maximum Gasteiger partial charge on any atom is 0.242 e. The van der Waals surface area contributed by atoms with Crippen LogP contribution in [0, 0.1) is 5.82 Å². The molecule has 0 radical (unpaired) electrons. The second-order valence-electron chi connectivity index (χ2n) is 8.06. The van der Waals surface area contributed by atoms with E-state index in [1.165, 1.54) is 12.1 Å². The van der Waals surface area contributed by atoms with Crippen molar-refractivity contribution in [3.63, 3.8) is 0 Å². The summed E-state index contributed by atoms with van der Waals surface area (Å²) >= 11 is 0. The van der Waals surface area contributed by atoms with E-state index in [0.29, 0.717) is 31.6 Å². The average molecular weight is 436 g/mol. The fourth-order valence-corrected chi connectivity index (χ4v) is 3.64. The Kier molecular flexibility index (Phi) is 7.95. The van der Waals surface area contributed by atoms with Crippen LogP contribution in [-0.4, -0.2) is 49.8 Å². The van der Waals surface area contributed by atoms with E-state index < -0.39 is 0 Å². The van der Waals surface area contributed by atoms with E-state index in [9.17, 15) is 14.0 Å². The number of hydrogen-bond acceptors (Lipinski definition) is 4. The van der Waals surface area contributed by atoms with Crippen LogP contribution in [0.25, 0.3) is 10.8 Å². The molecule has 0 saturated carbocycles. The van der Waals surface area contributed by atoms with Gasteiger partial charge in [-0.05, 0) is 73.0 Å². The van der Waals surface area contributed by atoms with Gasteiger partial charge in [0.25, 0.3) is 0 Å². The third-order valence-electron chi connectivity index (χ3n) is 5.61. The highest BCUT2D eigenvalue weighted by atomic mass is 19.1. The Labute approximate surface area is 188 Å². The first-order valence-electron chi connectivity index (χ1n) is 10.9. The molecule has 3 aromatic carbocycles. The first-order chi connectivity index (χ1) is 15.4. The van der Waals surface area contributed by atoms with Crippen LogP contribution in [0.1, 0.15) is 29.3 Å². The SMILES string of the molecule is CC(=O)c1ccc2cc(N(C)CC(=O)N(CCCN)CCc3ccc(F)cc3)ccc2c1. The van der Waals surface area contributed by atoms with Crippen LogP contribution < -0.4 is 10.6 Å². The van der Waals surface area contributed by atoms with Crippen molar-refractivity contribution in [1.29, 1.82) is 0 Å². The highest BCUT2D eigenvalue weighted by Crippen LogP contribution is 2.23. The number of likely N-dealkylation sites (N-methyl/N-ethyl adjacent to an activating group) is 1. The minimum absolute atomic E-state index is 0.0232. The summed E-state index contributed by atoms with van der Waals surface area (Å²) in [5.41, 5.74) is 8.27. The van der Waals surface area contributed by atoms with E-state index in [0.717, 1.165) is 28.4 Å². The van der Waals surface area contributed by atoms with E-state index in [2.05, 4.69) is 0 Å². The number of nitrogens with two attached hydrogens (primary N) is 1. The normalized spacial score (nSPS) is 10.9. The number of nitrogens with zero attached hydrogens (tertiary/aromatic N) is 2. The van der Waals surface area contributed by atoms with Crippen LogP contribution in [0.2, 0.25) is 0 Å². The zero-order valence-electron chi connectivity index (χ0n) is 18.7. The monoisotopic (exact) mass is 435 g/mol. The Morgan fingerprint density at radius 1 is 0.938 bits per heavy atom. The maximum absolute atomic E-state index is 13.1. The molecule has 0 bridgehead atoms. The average Bonchev–Trinajstić information content (AvgIpc) is 2.79. The standard InChI is InChI=1S/C26H30FN3O2/c1-19(31)21-6-7-23-17-25(11-8-22(23)16-21)29(2)18-26(32)30(14-3-13-28)15-12-20-4-9-24(27)10-5-20/h4-11,16-17H,3,12-15,18,28H2,1-2H3. The first kappa shape index (κ1) is 23.4. The summed E-state index contributed by atoms with van der Waals surface area (Å²) in [6.07, 6.45) is 1.39. The molecule has 3 rings (SSSR count). The zero-order valence-corrected chi connectivity index (χ0v) is 18.7. The number of ketones is 1. The molecule has 32 heavy (non-hydrogen) atoms. The number of benzene rings is 3. The third-order valence-corrected chi connectivity index (χ3v) is 5.61. The van der Waals surface area contributed by atoms with Crippen LogP contribution in [0.15, 0.2) is 60.7 Å². The molecule has 0 aliphatic heterocycles. The van der Waals surface area contributed by atoms with Gasteiger partial charge in [0.1, 0.15) is 5.82 Å². The van der Waals surface area contributed by atoms with Crippen molar-refractivity contribution in [3.8, 4) is 0 Å². The summed E-state index contributed by atoms with van der Waals surface area (Å²) in [6, 6.07) is 18.0. The van der Waals surface area contributed by atoms with Gasteiger partial charge in [-0.15, -0.1) is 0 Å². The van der Waals surface area contributed by atoms with E-state index in [1.807, 2.05) is 53.2 Å². The van der Waals surface area contributed by atoms with Gasteiger partial charge in [0.05, 0.1) is 6.54 Å². The Balaban J connectivity index is 1.67. The Morgan fingerprint density at radius 2 is 1.62 bits per heavy atom. The molecule has 0 aromatic heterocycles. The Hall–Kier alpha value is -3.25. The fraction of sp³-hybridized carbons (Fsp3) is 0.308. The van der Waals surface area contributed by atoms with Crippen molar-refractivity contribution in [3.05, 3.63) is 77.6 Å². The van der Waals surface area contributed by atoms with Crippen molar-refractivity contribution in [2.75, 3.05) is 38.1 Å². The van der Waals surface area contributed by atoms with Crippen molar-refractivity contribution in [1.82, 2.24) is 4.90 Å². The second kappa shape index (κ2) is 10.9. The predicted octanol–water partition coefficient (Wildman–Crippen LogP) is 4.04. The minimum atomic E-state index is -0.264. The number of amides is 1. The van der Waals surface area contributed by atoms with Gasteiger partial charge in [-0.2, -0.15) is 0 Å². The largest absolute Gasteiger partial charge is 0.365 e. The predicted molar refractivity (Wildman–Crippen MR) is 128 cm³/mol. The lowest BCUT2D eigenvalue weighted by Crippen LogP contribution is -2.41. The van der Waals surface area contributed by atoms with Crippen LogP contribution in [-0.2, 0) is 11.2 Å². The second-order valence-corrected chi connectivity index (χ2v) is 8.06. The molecule has 0 heterocycles. The summed E-state index contributed by atoms with van der Waals surface area (Å²) in [6.45, 7) is 3.47. The highest BCUT2D eigenvalue weighted by molar-refractivity contribution is 5.99. The number of carbonyl (C=O) groups is 2. The molecule has 0 fully saturated rings. The topological polar surface area (TPSA) is 66.6 Å². The number of fused-ring (bicyclic) bond motifs is 1. The molecule has 0 aliphatic carbocycles. The summed E-state index contributed by atoms with van der Waals surface area (Å²) in [7, 11) is 1.89. The Bertz CT molecular complexity index is 1080. The van der Waals surface area contributed by atoms with Gasteiger partial charge in [0.2, 0.25) is 5.91 Å². The highest BCUT2D eigenvalue weighted by Gasteiger charge is 2.16. The van der Waals surface area contributed by atoms with Gasteiger partial charge in [0.15, 0.2) is 5.78 Å². The number of anilines is 1. The molecular formula is C26H30FN3O2. The van der Waals surface area contributed by atoms with Crippen LogP contribution in [0.3, 0.4) is 0 Å².